The van der Waals surface area contributed by atoms with E-state index in [0.29, 0.717) is 54.8 Å². The van der Waals surface area contributed by atoms with Crippen molar-refractivity contribution in [3.05, 3.63) is 131 Å². The summed E-state index contributed by atoms with van der Waals surface area (Å²) in [6.07, 6.45) is 3.46. The summed E-state index contributed by atoms with van der Waals surface area (Å²) < 4.78 is 5.90. The SMILES string of the molecule is O=C(Nc1cc(Cl)ccc1N1CCN(C(=O)/C=C/c2ccccc2)CC1)c1cccc(OCc2ccccc2)c1. The fourth-order valence-electron chi connectivity index (χ4n) is 4.55. The lowest BCUT2D eigenvalue weighted by molar-refractivity contribution is -0.126. The quantitative estimate of drug-likeness (QED) is 0.253. The Balaban J connectivity index is 1.22. The normalized spacial score (nSPS) is 13.3. The Hall–Kier alpha value is -4.55. The minimum absolute atomic E-state index is 0.0116. The van der Waals surface area contributed by atoms with Crippen LogP contribution in [0.1, 0.15) is 21.5 Å². The molecule has 1 N–H and O–H groups in total. The standard InChI is InChI=1S/C33H30ClN3O3/c34-28-15-16-31(36-18-20-37(21-19-36)32(38)17-14-25-8-3-1-4-9-25)30(23-28)35-33(39)27-12-7-13-29(22-27)40-24-26-10-5-2-6-11-26/h1-17,22-23H,18-21,24H2,(H,35,39)/b17-14+. The monoisotopic (exact) mass is 551 g/mol. The molecule has 1 aliphatic rings. The summed E-state index contributed by atoms with van der Waals surface area (Å²) in [6.45, 7) is 2.85. The van der Waals surface area contributed by atoms with Crippen LogP contribution in [0, 0.1) is 0 Å². The van der Waals surface area contributed by atoms with E-state index in [1.165, 1.54) is 0 Å². The Bertz CT molecular complexity index is 1480. The summed E-state index contributed by atoms with van der Waals surface area (Å²) in [7, 11) is 0. The van der Waals surface area contributed by atoms with Crippen molar-refractivity contribution >= 4 is 40.9 Å². The molecule has 0 bridgehead atoms. The number of halogens is 1. The van der Waals surface area contributed by atoms with Crippen molar-refractivity contribution in [3.63, 3.8) is 0 Å². The first-order valence-electron chi connectivity index (χ1n) is 13.2. The smallest absolute Gasteiger partial charge is 0.255 e. The maximum Gasteiger partial charge on any atom is 0.255 e. The van der Waals surface area contributed by atoms with Crippen LogP contribution in [0.2, 0.25) is 5.02 Å². The topological polar surface area (TPSA) is 61.9 Å². The highest BCUT2D eigenvalue weighted by Gasteiger charge is 2.22. The van der Waals surface area contributed by atoms with Crippen LogP contribution in [0.3, 0.4) is 0 Å². The molecule has 6 nitrogen and oxygen atoms in total. The van der Waals surface area contributed by atoms with Crippen LogP contribution < -0.4 is 15.0 Å². The maximum absolute atomic E-state index is 13.2. The molecule has 0 aromatic heterocycles. The summed E-state index contributed by atoms with van der Waals surface area (Å²) in [4.78, 5) is 29.9. The molecule has 202 valence electrons. The number of rotatable bonds is 8. The van der Waals surface area contributed by atoms with E-state index < -0.39 is 0 Å². The maximum atomic E-state index is 13.2. The second-order valence-corrected chi connectivity index (χ2v) is 9.91. The first-order chi connectivity index (χ1) is 19.5. The Morgan fingerprint density at radius 1 is 0.825 bits per heavy atom. The Morgan fingerprint density at radius 2 is 1.55 bits per heavy atom. The van der Waals surface area contributed by atoms with Gasteiger partial charge in [0.2, 0.25) is 5.91 Å². The number of amides is 2. The third kappa shape index (κ3) is 7.10. The number of carbonyl (C=O) groups excluding carboxylic acids is 2. The molecule has 0 unspecified atom stereocenters. The van der Waals surface area contributed by atoms with Crippen molar-refractivity contribution in [2.45, 2.75) is 6.61 Å². The molecule has 1 fully saturated rings. The molecule has 7 heteroatoms. The number of nitrogens with zero attached hydrogens (tertiary/aromatic N) is 2. The van der Waals surface area contributed by atoms with Gasteiger partial charge in [-0.2, -0.15) is 0 Å². The highest BCUT2D eigenvalue weighted by atomic mass is 35.5. The van der Waals surface area contributed by atoms with Gasteiger partial charge in [-0.15, -0.1) is 0 Å². The molecule has 5 rings (SSSR count). The van der Waals surface area contributed by atoms with Gasteiger partial charge in [0.05, 0.1) is 11.4 Å². The molecule has 0 radical (unpaired) electrons. The van der Waals surface area contributed by atoms with Gasteiger partial charge in [-0.3, -0.25) is 9.59 Å². The number of hydrogen-bond donors (Lipinski definition) is 1. The number of benzene rings is 4. The molecule has 1 aliphatic heterocycles. The van der Waals surface area contributed by atoms with Crippen molar-refractivity contribution in [1.82, 2.24) is 4.90 Å². The van der Waals surface area contributed by atoms with E-state index in [2.05, 4.69) is 10.2 Å². The first kappa shape index (κ1) is 27.0. The number of anilines is 2. The van der Waals surface area contributed by atoms with Gasteiger partial charge in [0, 0.05) is 42.8 Å². The van der Waals surface area contributed by atoms with E-state index in [1.807, 2.05) is 89.8 Å². The Labute approximate surface area is 239 Å². The Kier molecular flexibility index (Phi) is 8.79. The second-order valence-electron chi connectivity index (χ2n) is 9.47. The molecular weight excluding hydrogens is 522 g/mol. The van der Waals surface area contributed by atoms with E-state index in [1.54, 1.807) is 30.3 Å². The molecule has 1 saturated heterocycles. The molecule has 1 heterocycles. The minimum atomic E-state index is -0.256. The van der Waals surface area contributed by atoms with Crippen molar-refractivity contribution < 1.29 is 14.3 Å². The third-order valence-corrected chi connectivity index (χ3v) is 6.94. The molecule has 2 amide bonds. The molecule has 4 aromatic carbocycles. The van der Waals surface area contributed by atoms with Gasteiger partial charge < -0.3 is 19.9 Å². The zero-order valence-corrected chi connectivity index (χ0v) is 22.8. The number of nitrogens with one attached hydrogen (secondary N) is 1. The van der Waals surface area contributed by atoms with Crippen molar-refractivity contribution in [3.8, 4) is 5.75 Å². The van der Waals surface area contributed by atoms with Gasteiger partial charge in [0.15, 0.2) is 0 Å². The first-order valence-corrected chi connectivity index (χ1v) is 13.6. The number of piperazine rings is 1. The molecule has 4 aromatic rings. The fourth-order valence-corrected chi connectivity index (χ4v) is 4.72. The highest BCUT2D eigenvalue weighted by Crippen LogP contribution is 2.31. The van der Waals surface area contributed by atoms with Crippen LogP contribution in [0.15, 0.2) is 109 Å². The van der Waals surface area contributed by atoms with Crippen LogP contribution in [-0.4, -0.2) is 42.9 Å². The van der Waals surface area contributed by atoms with Crippen LogP contribution in [0.4, 0.5) is 11.4 Å². The average molecular weight is 552 g/mol. The summed E-state index contributed by atoms with van der Waals surface area (Å²) >= 11 is 6.31. The largest absolute Gasteiger partial charge is 0.489 e. The number of hydrogen-bond acceptors (Lipinski definition) is 4. The summed E-state index contributed by atoms with van der Waals surface area (Å²) in [6, 6.07) is 32.2. The lowest BCUT2D eigenvalue weighted by Crippen LogP contribution is -2.48. The van der Waals surface area contributed by atoms with Crippen molar-refractivity contribution in [1.29, 1.82) is 0 Å². The molecule has 0 spiro atoms. The number of ether oxygens (including phenoxy) is 1. The van der Waals surface area contributed by atoms with Crippen LogP contribution in [-0.2, 0) is 11.4 Å². The Morgan fingerprint density at radius 3 is 2.30 bits per heavy atom. The number of carbonyl (C=O) groups is 2. The molecule has 0 atom stereocenters. The summed E-state index contributed by atoms with van der Waals surface area (Å²) in [5.41, 5.74) is 4.01. The van der Waals surface area contributed by atoms with Crippen LogP contribution >= 0.6 is 11.6 Å². The van der Waals surface area contributed by atoms with Gasteiger partial charge in [-0.05, 0) is 53.6 Å². The van der Waals surface area contributed by atoms with Crippen molar-refractivity contribution in [2.24, 2.45) is 0 Å². The fraction of sp³-hybridized carbons (Fsp3) is 0.152. The van der Waals surface area contributed by atoms with E-state index in [4.69, 9.17) is 16.3 Å². The lowest BCUT2D eigenvalue weighted by atomic mass is 10.1. The molecular formula is C33H30ClN3O3. The van der Waals surface area contributed by atoms with E-state index in [0.717, 1.165) is 16.8 Å². The predicted molar refractivity (Wildman–Crippen MR) is 161 cm³/mol. The van der Waals surface area contributed by atoms with Gasteiger partial charge >= 0.3 is 0 Å². The second kappa shape index (κ2) is 13.0. The average Bonchev–Trinajstić information content (AvgIpc) is 3.00. The van der Waals surface area contributed by atoms with Crippen LogP contribution in [0.25, 0.3) is 6.08 Å². The van der Waals surface area contributed by atoms with E-state index >= 15 is 0 Å². The van der Waals surface area contributed by atoms with Crippen molar-refractivity contribution in [2.75, 3.05) is 36.4 Å². The zero-order valence-electron chi connectivity index (χ0n) is 22.0. The van der Waals surface area contributed by atoms with Gasteiger partial charge in [0.1, 0.15) is 12.4 Å². The van der Waals surface area contributed by atoms with Gasteiger partial charge in [0.25, 0.3) is 5.91 Å². The minimum Gasteiger partial charge on any atom is -0.489 e. The van der Waals surface area contributed by atoms with E-state index in [9.17, 15) is 9.59 Å². The lowest BCUT2D eigenvalue weighted by Gasteiger charge is -2.36. The molecule has 40 heavy (non-hydrogen) atoms. The van der Waals surface area contributed by atoms with Gasteiger partial charge in [-0.1, -0.05) is 78.3 Å². The predicted octanol–water partition coefficient (Wildman–Crippen LogP) is 6.53. The summed E-state index contributed by atoms with van der Waals surface area (Å²) in [5, 5.41) is 3.55. The molecule has 0 saturated carbocycles. The third-order valence-electron chi connectivity index (χ3n) is 6.70. The summed E-state index contributed by atoms with van der Waals surface area (Å²) in [5.74, 6) is 0.348. The van der Waals surface area contributed by atoms with Crippen LogP contribution in [0.5, 0.6) is 5.75 Å². The van der Waals surface area contributed by atoms with E-state index in [-0.39, 0.29) is 11.8 Å². The zero-order chi connectivity index (χ0) is 27.7. The highest BCUT2D eigenvalue weighted by molar-refractivity contribution is 6.31. The van der Waals surface area contributed by atoms with Gasteiger partial charge in [-0.25, -0.2) is 0 Å². The molecule has 0 aliphatic carbocycles.